The summed E-state index contributed by atoms with van der Waals surface area (Å²) in [5, 5.41) is 5.90. The number of hydrogen-bond donors (Lipinski definition) is 3. The summed E-state index contributed by atoms with van der Waals surface area (Å²) in [6.45, 7) is 3.63. The number of alkyl halides is 3. The number of piperidine rings is 1. The summed E-state index contributed by atoms with van der Waals surface area (Å²) in [6, 6.07) is 3.38. The van der Waals surface area contributed by atoms with E-state index < -0.39 is 39.1 Å². The van der Waals surface area contributed by atoms with Crippen molar-refractivity contribution in [3.8, 4) is 0 Å². The summed E-state index contributed by atoms with van der Waals surface area (Å²) < 4.78 is 64.4. The molecule has 0 unspecified atom stereocenters. The lowest BCUT2D eigenvalue weighted by Crippen LogP contribution is -2.45. The van der Waals surface area contributed by atoms with Crippen LogP contribution in [-0.2, 0) is 21.0 Å². The molecular formula is C16H23ClF3N3O3S. The molecule has 1 aliphatic rings. The van der Waals surface area contributed by atoms with Crippen LogP contribution in [0.25, 0.3) is 0 Å². The fourth-order valence-corrected chi connectivity index (χ4v) is 3.69. The minimum absolute atomic E-state index is 0. The number of benzene rings is 1. The number of carbonyl (C=O) groups excluding carboxylic acids is 1. The Balaban J connectivity index is 0.00000364. The van der Waals surface area contributed by atoms with Gasteiger partial charge in [-0.3, -0.25) is 4.79 Å². The van der Waals surface area contributed by atoms with E-state index in [1.165, 1.54) is 0 Å². The van der Waals surface area contributed by atoms with Crippen LogP contribution in [-0.4, -0.2) is 40.5 Å². The molecular weight excluding hydrogens is 407 g/mol. The van der Waals surface area contributed by atoms with E-state index in [-0.39, 0.29) is 17.8 Å². The lowest BCUT2D eigenvalue weighted by Gasteiger charge is -2.34. The second-order valence-corrected chi connectivity index (χ2v) is 8.45. The molecule has 1 saturated heterocycles. The van der Waals surface area contributed by atoms with Gasteiger partial charge >= 0.3 is 6.18 Å². The van der Waals surface area contributed by atoms with Gasteiger partial charge in [0.05, 0.1) is 17.0 Å². The Bertz CT molecular complexity index is 751. The lowest BCUT2D eigenvalue weighted by atomic mass is 9.81. The molecule has 0 radical (unpaired) electrons. The van der Waals surface area contributed by atoms with E-state index in [9.17, 15) is 26.4 Å². The number of amides is 1. The Morgan fingerprint density at radius 3 is 2.48 bits per heavy atom. The normalized spacial score (nSPS) is 17.0. The Morgan fingerprint density at radius 1 is 1.26 bits per heavy atom. The van der Waals surface area contributed by atoms with Crippen LogP contribution in [0, 0.1) is 5.41 Å². The van der Waals surface area contributed by atoms with Crippen LogP contribution >= 0.6 is 12.4 Å². The molecule has 1 heterocycles. The molecule has 154 valence electrons. The number of nitrogens with one attached hydrogen (secondary N) is 3. The Hall–Kier alpha value is -1.36. The number of halogens is 4. The van der Waals surface area contributed by atoms with Crippen molar-refractivity contribution in [2.75, 3.05) is 26.2 Å². The molecule has 0 saturated carbocycles. The molecule has 11 heteroatoms. The first-order chi connectivity index (χ1) is 12.0. The Kier molecular flexibility index (Phi) is 8.09. The minimum Gasteiger partial charge on any atom is -0.354 e. The third-order valence-electron chi connectivity index (χ3n) is 4.42. The second-order valence-electron chi connectivity index (χ2n) is 6.69. The molecule has 2 rings (SSSR count). The number of hydrogen-bond acceptors (Lipinski definition) is 4. The highest BCUT2D eigenvalue weighted by molar-refractivity contribution is 7.89. The SMILES string of the molecule is CC1(CNC(=O)CNS(=O)(=O)c2cccc(C(F)(F)F)c2)CCNCC1.Cl. The Labute approximate surface area is 162 Å². The fourth-order valence-electron chi connectivity index (χ4n) is 2.67. The van der Waals surface area contributed by atoms with Crippen LogP contribution < -0.4 is 15.4 Å². The molecule has 1 aromatic carbocycles. The Morgan fingerprint density at radius 2 is 1.89 bits per heavy atom. The van der Waals surface area contributed by atoms with E-state index in [1.807, 2.05) is 11.6 Å². The molecule has 1 aromatic rings. The van der Waals surface area contributed by atoms with E-state index in [0.29, 0.717) is 12.6 Å². The molecule has 0 spiro atoms. The van der Waals surface area contributed by atoms with Crippen molar-refractivity contribution in [3.05, 3.63) is 29.8 Å². The maximum absolute atomic E-state index is 12.7. The van der Waals surface area contributed by atoms with Crippen LogP contribution in [0.15, 0.2) is 29.2 Å². The van der Waals surface area contributed by atoms with Crippen LogP contribution in [0.5, 0.6) is 0 Å². The topological polar surface area (TPSA) is 87.3 Å². The summed E-state index contributed by atoms with van der Waals surface area (Å²) in [5.74, 6) is -0.527. The van der Waals surface area contributed by atoms with Crippen LogP contribution in [0.2, 0.25) is 0 Å². The average molecular weight is 430 g/mol. The minimum atomic E-state index is -4.65. The van der Waals surface area contributed by atoms with Crippen LogP contribution in [0.4, 0.5) is 13.2 Å². The summed E-state index contributed by atoms with van der Waals surface area (Å²) in [5.41, 5.74) is -1.12. The zero-order valence-corrected chi connectivity index (χ0v) is 16.4. The van der Waals surface area contributed by atoms with Crippen molar-refractivity contribution in [3.63, 3.8) is 0 Å². The van der Waals surface area contributed by atoms with E-state index in [0.717, 1.165) is 44.1 Å². The van der Waals surface area contributed by atoms with Gasteiger partial charge in [-0.1, -0.05) is 13.0 Å². The van der Waals surface area contributed by atoms with Gasteiger partial charge in [-0.15, -0.1) is 12.4 Å². The molecule has 1 fully saturated rings. The molecule has 1 amide bonds. The standard InChI is InChI=1S/C16H22F3N3O3S.ClH/c1-15(5-7-20-8-6-15)11-21-14(23)10-22-26(24,25)13-4-2-3-12(9-13)16(17,18)19;/h2-4,9,20,22H,5-8,10-11H2,1H3,(H,21,23);1H. The van der Waals surface area contributed by atoms with Gasteiger partial charge in [-0.2, -0.15) is 13.2 Å². The first-order valence-electron chi connectivity index (χ1n) is 8.16. The number of sulfonamides is 1. The molecule has 1 aliphatic heterocycles. The highest BCUT2D eigenvalue weighted by atomic mass is 35.5. The van der Waals surface area contributed by atoms with E-state index in [1.54, 1.807) is 0 Å². The van der Waals surface area contributed by atoms with Crippen LogP contribution in [0.1, 0.15) is 25.3 Å². The molecule has 0 atom stereocenters. The molecule has 6 nitrogen and oxygen atoms in total. The predicted molar refractivity (Wildman–Crippen MR) is 97.1 cm³/mol. The molecule has 0 aliphatic carbocycles. The summed E-state index contributed by atoms with van der Waals surface area (Å²) in [7, 11) is -4.22. The highest BCUT2D eigenvalue weighted by Crippen LogP contribution is 2.30. The largest absolute Gasteiger partial charge is 0.416 e. The zero-order chi connectivity index (χ0) is 19.4. The first kappa shape index (κ1) is 23.7. The lowest BCUT2D eigenvalue weighted by molar-refractivity contribution is -0.137. The fraction of sp³-hybridized carbons (Fsp3) is 0.562. The van der Waals surface area contributed by atoms with Gasteiger partial charge in [0.1, 0.15) is 0 Å². The quantitative estimate of drug-likeness (QED) is 0.644. The predicted octanol–water partition coefficient (Wildman–Crippen LogP) is 1.91. The first-order valence-corrected chi connectivity index (χ1v) is 9.65. The van der Waals surface area contributed by atoms with Crippen molar-refractivity contribution in [2.45, 2.75) is 30.8 Å². The van der Waals surface area contributed by atoms with Gasteiger partial charge in [-0.25, -0.2) is 13.1 Å². The van der Waals surface area contributed by atoms with Crippen molar-refractivity contribution >= 4 is 28.3 Å². The molecule has 0 bridgehead atoms. The van der Waals surface area contributed by atoms with Crippen molar-refractivity contribution < 1.29 is 26.4 Å². The van der Waals surface area contributed by atoms with Gasteiger partial charge in [-0.05, 0) is 49.5 Å². The summed E-state index contributed by atoms with van der Waals surface area (Å²) in [6.07, 6.45) is -2.86. The van der Waals surface area contributed by atoms with Crippen LogP contribution in [0.3, 0.4) is 0 Å². The summed E-state index contributed by atoms with van der Waals surface area (Å²) in [4.78, 5) is 11.4. The van der Waals surface area contributed by atoms with Gasteiger partial charge in [0.2, 0.25) is 15.9 Å². The van der Waals surface area contributed by atoms with Gasteiger partial charge in [0.15, 0.2) is 0 Å². The zero-order valence-electron chi connectivity index (χ0n) is 14.7. The van der Waals surface area contributed by atoms with Crippen molar-refractivity contribution in [1.29, 1.82) is 0 Å². The molecule has 3 N–H and O–H groups in total. The summed E-state index contributed by atoms with van der Waals surface area (Å²) >= 11 is 0. The number of rotatable bonds is 6. The maximum Gasteiger partial charge on any atom is 0.416 e. The van der Waals surface area contributed by atoms with Gasteiger partial charge < -0.3 is 10.6 Å². The maximum atomic E-state index is 12.7. The third kappa shape index (κ3) is 6.95. The van der Waals surface area contributed by atoms with Gasteiger partial charge in [0, 0.05) is 6.54 Å². The average Bonchev–Trinajstić information content (AvgIpc) is 2.58. The smallest absolute Gasteiger partial charge is 0.354 e. The van der Waals surface area contributed by atoms with E-state index in [4.69, 9.17) is 0 Å². The third-order valence-corrected chi connectivity index (χ3v) is 5.82. The molecule has 27 heavy (non-hydrogen) atoms. The van der Waals surface area contributed by atoms with Crippen molar-refractivity contribution in [1.82, 2.24) is 15.4 Å². The second kappa shape index (κ2) is 9.22. The van der Waals surface area contributed by atoms with E-state index >= 15 is 0 Å². The van der Waals surface area contributed by atoms with Crippen molar-refractivity contribution in [2.24, 2.45) is 5.41 Å². The number of carbonyl (C=O) groups is 1. The van der Waals surface area contributed by atoms with Gasteiger partial charge in [0.25, 0.3) is 0 Å². The molecule has 0 aromatic heterocycles. The van der Waals surface area contributed by atoms with E-state index in [2.05, 4.69) is 10.6 Å². The monoisotopic (exact) mass is 429 g/mol. The highest BCUT2D eigenvalue weighted by Gasteiger charge is 2.32.